The summed E-state index contributed by atoms with van der Waals surface area (Å²) >= 11 is 10.8. The molecule has 2 aromatic rings. The van der Waals surface area contributed by atoms with Crippen LogP contribution in [0, 0.1) is 10.8 Å². The van der Waals surface area contributed by atoms with Crippen LogP contribution in [0.15, 0.2) is 36.4 Å². The molecule has 0 aliphatic carbocycles. The Morgan fingerprint density at radius 2 is 0.708 bits per heavy atom. The Morgan fingerprint density at radius 1 is 0.479 bits per heavy atom. The van der Waals surface area contributed by atoms with Crippen LogP contribution in [0.3, 0.4) is 0 Å². The Hall–Kier alpha value is 1.13. The first-order valence-electron chi connectivity index (χ1n) is 17.8. The molecule has 0 fully saturated rings. The summed E-state index contributed by atoms with van der Waals surface area (Å²) in [7, 11) is 0. The van der Waals surface area contributed by atoms with E-state index in [1.807, 2.05) is 0 Å². The first kappa shape index (κ1) is 43.5. The lowest BCUT2D eigenvalue weighted by Gasteiger charge is -2.28. The molecule has 4 rings (SSSR count). The van der Waals surface area contributed by atoms with E-state index in [1.54, 1.807) is 10.7 Å². The summed E-state index contributed by atoms with van der Waals surface area (Å²) in [5.74, 6) is 2.16. The van der Waals surface area contributed by atoms with Gasteiger partial charge in [0.25, 0.3) is 0 Å². The van der Waals surface area contributed by atoms with Gasteiger partial charge >= 0.3 is 0 Å². The van der Waals surface area contributed by atoms with Crippen LogP contribution in [-0.2, 0) is 0 Å². The summed E-state index contributed by atoms with van der Waals surface area (Å²) in [6.07, 6.45) is 2.44. The van der Waals surface area contributed by atoms with Gasteiger partial charge in [0.1, 0.15) is 0 Å². The molecule has 2 aliphatic rings. The first-order chi connectivity index (χ1) is 21.8. The third kappa shape index (κ3) is 9.08. The highest BCUT2D eigenvalue weighted by atomic mass is 127. The maximum absolute atomic E-state index is 2.75. The normalized spacial score (nSPS) is 19.5. The van der Waals surface area contributed by atoms with E-state index in [0.29, 0.717) is 23.7 Å². The van der Waals surface area contributed by atoms with Gasteiger partial charge in [-0.2, -0.15) is 0 Å². The Bertz CT molecular complexity index is 1380. The van der Waals surface area contributed by atoms with E-state index in [1.165, 1.54) is 46.5 Å². The fourth-order valence-corrected chi connectivity index (χ4v) is 22.8. The van der Waals surface area contributed by atoms with E-state index in [-0.39, 0.29) is 21.9 Å². The van der Waals surface area contributed by atoms with E-state index in [4.69, 9.17) is 0 Å². The summed E-state index contributed by atoms with van der Waals surface area (Å²) in [5.41, 5.74) is 9.89. The van der Waals surface area contributed by atoms with Crippen LogP contribution in [-0.4, -0.2) is 38.5 Å². The van der Waals surface area contributed by atoms with Crippen molar-refractivity contribution in [2.45, 2.75) is 158 Å². The number of hydrogen-bond donors (Lipinski definition) is 0. The molecule has 2 nitrogen and oxygen atoms in total. The van der Waals surface area contributed by atoms with Crippen LogP contribution in [0.25, 0.3) is 0 Å². The summed E-state index contributed by atoms with van der Waals surface area (Å²) < 4.78 is 4.34. The molecule has 0 aromatic heterocycles. The Kier molecular flexibility index (Phi) is 14.7. The molecule has 0 amide bonds. The fraction of sp³-hybridized carbons (Fsp3) is 0.650. The maximum atomic E-state index is 2.75. The highest BCUT2D eigenvalue weighted by Crippen LogP contribution is 2.49. The van der Waals surface area contributed by atoms with Gasteiger partial charge < -0.3 is 87.2 Å². The Labute approximate surface area is 349 Å². The van der Waals surface area contributed by atoms with Crippen molar-refractivity contribution < 1.29 is 9.15 Å². The molecular weight excluding hydrogens is 1070 g/mol. The molecule has 2 heterocycles. The number of halogens is 4. The van der Waals surface area contributed by atoms with Gasteiger partial charge in [-0.25, -0.2) is 9.15 Å². The van der Waals surface area contributed by atoms with Crippen LogP contribution >= 0.6 is 87.2 Å². The lowest BCUT2D eigenvalue weighted by atomic mass is 9.84. The Balaban J connectivity index is 0.000000260. The first-order valence-corrected chi connectivity index (χ1v) is 33.2. The van der Waals surface area contributed by atoms with Crippen molar-refractivity contribution in [1.82, 2.24) is 0 Å². The minimum atomic E-state index is -0.585. The number of rotatable bonds is 8. The summed E-state index contributed by atoms with van der Waals surface area (Å²) in [5, 5.41) is 3.35. The Morgan fingerprint density at radius 3 is 0.896 bits per heavy atom. The zero-order valence-corrected chi connectivity index (χ0v) is 43.2. The van der Waals surface area contributed by atoms with Crippen molar-refractivity contribution in [1.29, 1.82) is 0 Å². The van der Waals surface area contributed by atoms with Gasteiger partial charge in [-0.15, -0.1) is 0 Å². The van der Waals surface area contributed by atoms with Gasteiger partial charge in [0, 0.05) is 84.3 Å². The highest BCUT2D eigenvalue weighted by molar-refractivity contribution is 14.3. The SMILES string of the molecule is CC(C)c1cccc(C(C)C)c1[N+]1=C([Si-](I)I)C(C)(C)CC1(C)C.CC(C)c1cccc(C(C)C)c1[N+]1=C([Si-](I)I)C(C)(C)CC1(C)C. The summed E-state index contributed by atoms with van der Waals surface area (Å²) in [6.45, 7) is 38.1. The molecule has 2 aliphatic heterocycles. The average molecular weight is 1130 g/mol. The second-order valence-corrected chi connectivity index (χ2v) is 45.1. The smallest absolute Gasteiger partial charge is 0.210 e. The van der Waals surface area contributed by atoms with Crippen LogP contribution in [0.4, 0.5) is 11.4 Å². The largest absolute Gasteiger partial charge is 0.302 e. The minimum Gasteiger partial charge on any atom is -0.302 e. The molecule has 0 saturated carbocycles. The van der Waals surface area contributed by atoms with Crippen LogP contribution < -0.4 is 0 Å². The molecule has 8 heteroatoms. The topological polar surface area (TPSA) is 6.02 Å². The molecule has 0 spiro atoms. The molecule has 2 aromatic carbocycles. The molecule has 0 atom stereocenters. The average Bonchev–Trinajstić information content (AvgIpc) is 3.25. The number of benzene rings is 2. The van der Waals surface area contributed by atoms with Crippen LogP contribution in [0.1, 0.15) is 170 Å². The van der Waals surface area contributed by atoms with E-state index in [0.717, 1.165) is 0 Å². The lowest BCUT2D eigenvalue weighted by Crippen LogP contribution is -2.35. The van der Waals surface area contributed by atoms with Gasteiger partial charge in [0.15, 0.2) is 11.1 Å². The second-order valence-electron chi connectivity index (χ2n) is 17.8. The predicted molar refractivity (Wildman–Crippen MR) is 252 cm³/mol. The van der Waals surface area contributed by atoms with Gasteiger partial charge in [-0.3, -0.25) is 0 Å². The van der Waals surface area contributed by atoms with Crippen molar-refractivity contribution >= 4 is 117 Å². The van der Waals surface area contributed by atoms with E-state index in [2.05, 4.69) is 244 Å². The molecule has 0 saturated heterocycles. The van der Waals surface area contributed by atoms with Gasteiger partial charge in [0.05, 0.1) is 0 Å². The van der Waals surface area contributed by atoms with Crippen molar-refractivity contribution in [2.24, 2.45) is 10.8 Å². The van der Waals surface area contributed by atoms with Gasteiger partial charge in [0.2, 0.25) is 11.4 Å². The van der Waals surface area contributed by atoms with Crippen LogP contribution in [0.2, 0.25) is 0 Å². The summed E-state index contributed by atoms with van der Waals surface area (Å²) in [4.78, 5) is 0. The predicted octanol–water partition coefficient (Wildman–Crippen LogP) is 14.2. The number of para-hydroxylation sites is 2. The third-order valence-corrected chi connectivity index (χ3v) is 18.8. The van der Waals surface area contributed by atoms with Gasteiger partial charge in [-0.1, -0.05) is 127 Å². The standard InChI is InChI=1S/2C20H31I2NSi/c2*1-13(2)15-10-9-11-16(14(3)4)17(15)23-18(24(21)22)19(5,6)12-20(23,7)8/h2*9-11,13-14H,12H2,1-8H3. The van der Waals surface area contributed by atoms with E-state index < -0.39 is 7.58 Å². The molecule has 268 valence electrons. The van der Waals surface area contributed by atoms with Crippen LogP contribution in [0.5, 0.6) is 0 Å². The molecule has 0 bridgehead atoms. The van der Waals surface area contributed by atoms with E-state index in [9.17, 15) is 0 Å². The molecular formula is C40H62I4N2Si2. The quantitative estimate of drug-likeness (QED) is 0.108. The minimum absolute atomic E-state index is 0.166. The van der Waals surface area contributed by atoms with Crippen molar-refractivity contribution in [3.05, 3.63) is 58.7 Å². The monoisotopic (exact) mass is 1130 g/mol. The van der Waals surface area contributed by atoms with Crippen molar-refractivity contribution in [3.63, 3.8) is 0 Å². The van der Waals surface area contributed by atoms with Crippen molar-refractivity contribution in [2.75, 3.05) is 0 Å². The third-order valence-electron chi connectivity index (χ3n) is 10.2. The molecule has 0 radical (unpaired) electrons. The highest BCUT2D eigenvalue weighted by Gasteiger charge is 2.52. The second kappa shape index (κ2) is 16.2. The van der Waals surface area contributed by atoms with Crippen molar-refractivity contribution in [3.8, 4) is 0 Å². The number of nitrogens with zero attached hydrogens (tertiary/aromatic N) is 2. The fourth-order valence-electron chi connectivity index (χ4n) is 8.75. The summed E-state index contributed by atoms with van der Waals surface area (Å²) in [6, 6.07) is 13.9. The molecule has 0 unspecified atom stereocenters. The van der Waals surface area contributed by atoms with E-state index >= 15 is 0 Å². The zero-order chi connectivity index (χ0) is 36.9. The maximum Gasteiger partial charge on any atom is 0.210 e. The molecule has 48 heavy (non-hydrogen) atoms. The zero-order valence-electron chi connectivity index (χ0n) is 32.6. The number of hydrogen-bond acceptors (Lipinski definition) is 0. The lowest BCUT2D eigenvalue weighted by molar-refractivity contribution is -0.515. The molecule has 0 N–H and O–H groups in total. The van der Waals surface area contributed by atoms with Gasteiger partial charge in [-0.05, 0) is 23.7 Å².